The fourth-order valence-corrected chi connectivity index (χ4v) is 2.31. The molecule has 0 amide bonds. The van der Waals surface area contributed by atoms with E-state index < -0.39 is 10.8 Å². The Bertz CT molecular complexity index is 153. The number of methoxy groups -OCH3 is 1. The first-order chi connectivity index (χ1) is 6.11. The maximum absolute atomic E-state index is 11.6. The fourth-order valence-electron chi connectivity index (χ4n) is 0.928. The molecule has 0 aliphatic rings. The molecule has 0 spiro atoms. The lowest BCUT2D eigenvalue weighted by atomic mass is 10.2. The first-order valence-corrected chi connectivity index (χ1v) is 6.06. The molecule has 3 unspecified atom stereocenters. The maximum atomic E-state index is 11.6. The van der Waals surface area contributed by atoms with Crippen molar-refractivity contribution in [2.75, 3.05) is 26.0 Å². The monoisotopic (exact) mass is 207 g/mol. The van der Waals surface area contributed by atoms with Crippen LogP contribution in [0.2, 0.25) is 0 Å². The average molecular weight is 207 g/mol. The zero-order valence-corrected chi connectivity index (χ0v) is 9.60. The Balaban J connectivity index is 3.68. The van der Waals surface area contributed by atoms with Crippen LogP contribution < -0.4 is 5.73 Å². The zero-order chi connectivity index (χ0) is 10.3. The molecule has 3 atom stereocenters. The highest BCUT2D eigenvalue weighted by Gasteiger charge is 2.13. The van der Waals surface area contributed by atoms with E-state index in [0.717, 1.165) is 6.42 Å². The van der Waals surface area contributed by atoms with Gasteiger partial charge in [-0.25, -0.2) is 0 Å². The van der Waals surface area contributed by atoms with Crippen LogP contribution in [-0.2, 0) is 15.5 Å². The molecule has 2 N–H and O–H groups in total. The minimum absolute atomic E-state index is 0.217. The second kappa shape index (κ2) is 7.47. The lowest BCUT2D eigenvalue weighted by Gasteiger charge is -2.13. The molecule has 0 rings (SSSR count). The average Bonchev–Trinajstić information content (AvgIpc) is 2.13. The van der Waals surface area contributed by atoms with Gasteiger partial charge in [0, 0.05) is 35.5 Å². The molecule has 13 heavy (non-hydrogen) atoms. The van der Waals surface area contributed by atoms with Crippen molar-refractivity contribution in [1.29, 1.82) is 0 Å². The fraction of sp³-hybridized carbons (Fsp3) is 1.00. The maximum Gasteiger partial charge on any atom is 0.0473 e. The van der Waals surface area contributed by atoms with Crippen LogP contribution in [0.3, 0.4) is 0 Å². The van der Waals surface area contributed by atoms with Crippen molar-refractivity contribution in [3.8, 4) is 0 Å². The highest BCUT2D eigenvalue weighted by molar-refractivity contribution is 7.85. The molecule has 0 bridgehead atoms. The van der Waals surface area contributed by atoms with Crippen molar-refractivity contribution < 1.29 is 8.95 Å². The summed E-state index contributed by atoms with van der Waals surface area (Å²) in [6.45, 7) is 5.33. The Hall–Kier alpha value is 0.0700. The van der Waals surface area contributed by atoms with Crippen LogP contribution in [0.25, 0.3) is 0 Å². The molecule has 0 aliphatic carbocycles. The summed E-state index contributed by atoms with van der Waals surface area (Å²) in [7, 11) is 0.909. The number of hydrogen-bond donors (Lipinski definition) is 1. The van der Waals surface area contributed by atoms with Crippen LogP contribution in [0.1, 0.15) is 20.3 Å². The van der Waals surface area contributed by atoms with Gasteiger partial charge in [-0.15, -0.1) is 0 Å². The van der Waals surface area contributed by atoms with Crippen molar-refractivity contribution >= 4 is 10.8 Å². The Labute approximate surface area is 83.5 Å². The van der Waals surface area contributed by atoms with Gasteiger partial charge >= 0.3 is 0 Å². The molecule has 3 nitrogen and oxygen atoms in total. The Kier molecular flexibility index (Phi) is 7.51. The van der Waals surface area contributed by atoms with E-state index in [4.69, 9.17) is 10.5 Å². The zero-order valence-electron chi connectivity index (χ0n) is 8.79. The van der Waals surface area contributed by atoms with Gasteiger partial charge in [-0.05, 0) is 18.9 Å². The first kappa shape index (κ1) is 13.1. The number of ether oxygens (including phenoxy) is 1. The molecule has 0 aromatic carbocycles. The summed E-state index contributed by atoms with van der Waals surface area (Å²) in [4.78, 5) is 0. The number of hydrogen-bond acceptors (Lipinski definition) is 3. The van der Waals surface area contributed by atoms with Gasteiger partial charge in [-0.1, -0.05) is 13.8 Å². The van der Waals surface area contributed by atoms with Crippen LogP contribution in [0, 0.1) is 5.92 Å². The van der Waals surface area contributed by atoms with Crippen molar-refractivity contribution in [2.45, 2.75) is 25.5 Å². The Morgan fingerprint density at radius 3 is 2.54 bits per heavy atom. The Morgan fingerprint density at radius 2 is 2.08 bits per heavy atom. The quantitative estimate of drug-likeness (QED) is 0.670. The van der Waals surface area contributed by atoms with Gasteiger partial charge in [0.25, 0.3) is 0 Å². The third-order valence-corrected chi connectivity index (χ3v) is 4.06. The summed E-state index contributed by atoms with van der Waals surface area (Å²) < 4.78 is 16.6. The van der Waals surface area contributed by atoms with E-state index in [1.165, 1.54) is 0 Å². The Morgan fingerprint density at radius 1 is 1.46 bits per heavy atom. The van der Waals surface area contributed by atoms with E-state index in [1.807, 2.05) is 13.8 Å². The predicted octanol–water partition coefficient (Wildman–Crippen LogP) is 0.755. The molecule has 0 aromatic heterocycles. The predicted molar refractivity (Wildman–Crippen MR) is 57.2 cm³/mol. The third-order valence-electron chi connectivity index (χ3n) is 2.03. The van der Waals surface area contributed by atoms with E-state index in [-0.39, 0.29) is 5.25 Å². The molecular formula is C9H21NO2S. The molecule has 0 aromatic rings. The van der Waals surface area contributed by atoms with Crippen molar-refractivity contribution in [1.82, 2.24) is 0 Å². The van der Waals surface area contributed by atoms with E-state index in [9.17, 15) is 4.21 Å². The summed E-state index contributed by atoms with van der Waals surface area (Å²) in [6.07, 6.45) is 0.862. The highest BCUT2D eigenvalue weighted by atomic mass is 32.2. The summed E-state index contributed by atoms with van der Waals surface area (Å²) in [6, 6.07) is 0. The molecule has 0 aliphatic heterocycles. The highest BCUT2D eigenvalue weighted by Crippen LogP contribution is 2.05. The van der Waals surface area contributed by atoms with Crippen molar-refractivity contribution in [3.05, 3.63) is 0 Å². The minimum Gasteiger partial charge on any atom is -0.385 e. The number of nitrogens with two attached hydrogens (primary N) is 1. The third kappa shape index (κ3) is 6.18. The van der Waals surface area contributed by atoms with Crippen LogP contribution in [-0.4, -0.2) is 35.5 Å². The molecule has 0 saturated carbocycles. The summed E-state index contributed by atoms with van der Waals surface area (Å²) >= 11 is 0. The first-order valence-electron chi connectivity index (χ1n) is 4.68. The van der Waals surface area contributed by atoms with Crippen molar-refractivity contribution in [2.24, 2.45) is 11.7 Å². The molecule has 0 saturated heterocycles. The summed E-state index contributed by atoms with van der Waals surface area (Å²) in [5.74, 6) is 1.06. The standard InChI is InChI=1S/C9H21NO2S/c1-8(6-10)7-13(11)9(2)4-5-12-3/h8-9H,4-7,10H2,1-3H3. The van der Waals surface area contributed by atoms with Crippen molar-refractivity contribution in [3.63, 3.8) is 0 Å². The van der Waals surface area contributed by atoms with Gasteiger partial charge in [-0.2, -0.15) is 0 Å². The summed E-state index contributed by atoms with van der Waals surface area (Å²) in [5.41, 5.74) is 5.46. The normalized spacial score (nSPS) is 18.2. The van der Waals surface area contributed by atoms with E-state index in [2.05, 4.69) is 0 Å². The van der Waals surface area contributed by atoms with Crippen LogP contribution in [0.4, 0.5) is 0 Å². The molecule has 4 heteroatoms. The molecule has 0 radical (unpaired) electrons. The van der Waals surface area contributed by atoms with Crippen LogP contribution >= 0.6 is 0 Å². The van der Waals surface area contributed by atoms with Gasteiger partial charge < -0.3 is 10.5 Å². The van der Waals surface area contributed by atoms with E-state index >= 15 is 0 Å². The van der Waals surface area contributed by atoms with Crippen LogP contribution in [0.5, 0.6) is 0 Å². The van der Waals surface area contributed by atoms with Gasteiger partial charge in [0.15, 0.2) is 0 Å². The smallest absolute Gasteiger partial charge is 0.0473 e. The van der Waals surface area contributed by atoms with Gasteiger partial charge in [-0.3, -0.25) is 4.21 Å². The molecular weight excluding hydrogens is 186 g/mol. The van der Waals surface area contributed by atoms with Gasteiger partial charge in [0.1, 0.15) is 0 Å². The molecule has 0 fully saturated rings. The second-order valence-corrected chi connectivity index (χ2v) is 5.38. The topological polar surface area (TPSA) is 52.3 Å². The van der Waals surface area contributed by atoms with Gasteiger partial charge in [0.05, 0.1) is 0 Å². The van der Waals surface area contributed by atoms with E-state index in [1.54, 1.807) is 7.11 Å². The molecule has 80 valence electrons. The van der Waals surface area contributed by atoms with E-state index in [0.29, 0.717) is 24.8 Å². The lowest BCUT2D eigenvalue weighted by Crippen LogP contribution is -2.23. The van der Waals surface area contributed by atoms with Crippen LogP contribution in [0.15, 0.2) is 0 Å². The minimum atomic E-state index is -0.756. The number of rotatable bonds is 7. The lowest BCUT2D eigenvalue weighted by molar-refractivity contribution is 0.195. The SMILES string of the molecule is COCCC(C)S(=O)CC(C)CN. The largest absolute Gasteiger partial charge is 0.385 e. The summed E-state index contributed by atoms with van der Waals surface area (Å²) in [5, 5.41) is 0.217. The van der Waals surface area contributed by atoms with Gasteiger partial charge in [0.2, 0.25) is 0 Å². The molecule has 0 heterocycles. The second-order valence-electron chi connectivity index (χ2n) is 3.48.